The van der Waals surface area contributed by atoms with E-state index in [9.17, 15) is 9.18 Å². The molecule has 3 rings (SSSR count). The number of fused-ring (bicyclic) bond motifs is 1. The summed E-state index contributed by atoms with van der Waals surface area (Å²) in [5, 5.41) is 7.72. The fraction of sp³-hybridized carbons (Fsp3) is 0.263. The largest absolute Gasteiger partial charge is 0.323 e. The normalized spacial score (nSPS) is 12.3. The Morgan fingerprint density at radius 3 is 2.83 bits per heavy atom. The minimum absolute atomic E-state index is 0.165. The molecular weight excluding hydrogens is 305 g/mol. The second-order valence-corrected chi connectivity index (χ2v) is 6.08. The van der Waals surface area contributed by atoms with Crippen molar-refractivity contribution in [2.75, 3.05) is 5.32 Å². The van der Waals surface area contributed by atoms with Gasteiger partial charge in [0.1, 0.15) is 5.82 Å². The van der Waals surface area contributed by atoms with E-state index in [4.69, 9.17) is 0 Å². The highest BCUT2D eigenvalue weighted by Gasteiger charge is 2.15. The van der Waals surface area contributed by atoms with E-state index < -0.39 is 5.82 Å². The van der Waals surface area contributed by atoms with Crippen LogP contribution in [0.1, 0.15) is 25.8 Å². The Morgan fingerprint density at radius 2 is 2.12 bits per heavy atom. The van der Waals surface area contributed by atoms with E-state index in [1.165, 1.54) is 6.07 Å². The van der Waals surface area contributed by atoms with Gasteiger partial charge in [-0.3, -0.25) is 4.79 Å². The van der Waals surface area contributed by atoms with E-state index in [2.05, 4.69) is 10.4 Å². The highest BCUT2D eigenvalue weighted by molar-refractivity contribution is 5.95. The maximum atomic E-state index is 14.3. The molecular formula is C19H20FN3O. The molecule has 5 heteroatoms. The first kappa shape index (κ1) is 16.2. The standard InChI is InChI=1S/C19H20FN3O/c1-4-13(3)19(24)22-17-10-18-14(9-16(17)20)11-21-23(18)15-7-5-6-12(2)8-15/h5-11,13H,4H2,1-3H3,(H,22,24)/t13-/m0/s1. The number of amides is 1. The van der Waals surface area contributed by atoms with Crippen molar-refractivity contribution in [3.05, 3.63) is 54.0 Å². The van der Waals surface area contributed by atoms with Crippen LogP contribution < -0.4 is 5.32 Å². The molecule has 1 amide bonds. The zero-order chi connectivity index (χ0) is 17.3. The van der Waals surface area contributed by atoms with Crippen molar-refractivity contribution >= 4 is 22.5 Å². The number of aromatic nitrogens is 2. The molecule has 2 aromatic carbocycles. The molecule has 0 aliphatic heterocycles. The average Bonchev–Trinajstić information content (AvgIpc) is 2.97. The maximum absolute atomic E-state index is 14.3. The van der Waals surface area contributed by atoms with Crippen molar-refractivity contribution in [3.8, 4) is 5.69 Å². The summed E-state index contributed by atoms with van der Waals surface area (Å²) in [6.45, 7) is 5.76. The highest BCUT2D eigenvalue weighted by Crippen LogP contribution is 2.26. The maximum Gasteiger partial charge on any atom is 0.227 e. The number of aryl methyl sites for hydroxylation is 1. The van der Waals surface area contributed by atoms with Crippen LogP contribution in [0.25, 0.3) is 16.6 Å². The van der Waals surface area contributed by atoms with Crippen LogP contribution >= 0.6 is 0 Å². The van der Waals surface area contributed by atoms with Gasteiger partial charge in [0.05, 0.1) is 23.1 Å². The summed E-state index contributed by atoms with van der Waals surface area (Å²) in [4.78, 5) is 12.1. The summed E-state index contributed by atoms with van der Waals surface area (Å²) in [6, 6.07) is 11.0. The third-order valence-electron chi connectivity index (χ3n) is 4.22. The Labute approximate surface area is 140 Å². The van der Waals surface area contributed by atoms with Crippen LogP contribution in [0.15, 0.2) is 42.6 Å². The molecule has 1 heterocycles. The van der Waals surface area contributed by atoms with Crippen molar-refractivity contribution in [2.45, 2.75) is 27.2 Å². The van der Waals surface area contributed by atoms with E-state index in [0.29, 0.717) is 11.8 Å². The van der Waals surface area contributed by atoms with Crippen molar-refractivity contribution in [1.82, 2.24) is 9.78 Å². The lowest BCUT2D eigenvalue weighted by atomic mass is 10.1. The van der Waals surface area contributed by atoms with Crippen LogP contribution in [0.2, 0.25) is 0 Å². The SMILES string of the molecule is CC[C@H](C)C(=O)Nc1cc2c(cnn2-c2cccc(C)c2)cc1F. The van der Waals surface area contributed by atoms with Gasteiger partial charge in [0.15, 0.2) is 0 Å². The number of hydrogen-bond donors (Lipinski definition) is 1. The van der Waals surface area contributed by atoms with Crippen LogP contribution in [-0.4, -0.2) is 15.7 Å². The number of rotatable bonds is 4. The molecule has 1 atom stereocenters. The fourth-order valence-electron chi connectivity index (χ4n) is 2.55. The number of anilines is 1. The smallest absolute Gasteiger partial charge is 0.227 e. The monoisotopic (exact) mass is 325 g/mol. The number of hydrogen-bond acceptors (Lipinski definition) is 2. The number of carbonyl (C=O) groups is 1. The molecule has 0 spiro atoms. The minimum atomic E-state index is -0.456. The summed E-state index contributed by atoms with van der Waals surface area (Å²) in [5.41, 5.74) is 2.95. The zero-order valence-electron chi connectivity index (χ0n) is 14.0. The Kier molecular flexibility index (Phi) is 4.34. The molecule has 124 valence electrons. The van der Waals surface area contributed by atoms with Gasteiger partial charge in [-0.05, 0) is 43.2 Å². The topological polar surface area (TPSA) is 46.9 Å². The van der Waals surface area contributed by atoms with Gasteiger partial charge in [-0.1, -0.05) is 26.0 Å². The van der Waals surface area contributed by atoms with Gasteiger partial charge in [-0.15, -0.1) is 0 Å². The zero-order valence-corrected chi connectivity index (χ0v) is 14.0. The second-order valence-electron chi connectivity index (χ2n) is 6.08. The van der Waals surface area contributed by atoms with Crippen molar-refractivity contribution in [3.63, 3.8) is 0 Å². The average molecular weight is 325 g/mol. The van der Waals surface area contributed by atoms with Crippen molar-refractivity contribution in [1.29, 1.82) is 0 Å². The number of benzene rings is 2. The van der Waals surface area contributed by atoms with Crippen LogP contribution in [0.3, 0.4) is 0 Å². The highest BCUT2D eigenvalue weighted by atomic mass is 19.1. The Bertz CT molecular complexity index is 901. The van der Waals surface area contributed by atoms with E-state index >= 15 is 0 Å². The molecule has 0 radical (unpaired) electrons. The van der Waals surface area contributed by atoms with Gasteiger partial charge in [-0.2, -0.15) is 5.10 Å². The lowest BCUT2D eigenvalue weighted by Gasteiger charge is -2.11. The van der Waals surface area contributed by atoms with Crippen molar-refractivity contribution in [2.24, 2.45) is 5.92 Å². The van der Waals surface area contributed by atoms with E-state index in [1.54, 1.807) is 16.9 Å². The number of nitrogens with zero attached hydrogens (tertiary/aromatic N) is 2. The molecule has 4 nitrogen and oxygen atoms in total. The van der Waals surface area contributed by atoms with E-state index in [-0.39, 0.29) is 17.5 Å². The van der Waals surface area contributed by atoms with Gasteiger partial charge in [-0.25, -0.2) is 9.07 Å². The number of halogens is 1. The number of nitrogens with one attached hydrogen (secondary N) is 1. The van der Waals surface area contributed by atoms with Gasteiger partial charge in [0.25, 0.3) is 0 Å². The Balaban J connectivity index is 2.05. The molecule has 0 aliphatic rings. The van der Waals surface area contributed by atoms with Crippen LogP contribution in [0, 0.1) is 18.7 Å². The van der Waals surface area contributed by atoms with Crippen LogP contribution in [0.5, 0.6) is 0 Å². The number of carbonyl (C=O) groups excluding carboxylic acids is 1. The van der Waals surface area contributed by atoms with Gasteiger partial charge >= 0.3 is 0 Å². The van der Waals surface area contributed by atoms with Crippen molar-refractivity contribution < 1.29 is 9.18 Å². The second kappa shape index (κ2) is 6.43. The van der Waals surface area contributed by atoms with Gasteiger partial charge in [0, 0.05) is 11.3 Å². The molecule has 3 aromatic rings. The predicted octanol–water partition coefficient (Wildman–Crippen LogP) is 4.46. The molecule has 0 saturated carbocycles. The molecule has 1 N–H and O–H groups in total. The van der Waals surface area contributed by atoms with Crippen LogP contribution in [-0.2, 0) is 4.79 Å². The van der Waals surface area contributed by atoms with E-state index in [1.807, 2.05) is 45.0 Å². The Hall–Kier alpha value is -2.69. The molecule has 0 bridgehead atoms. The molecule has 24 heavy (non-hydrogen) atoms. The minimum Gasteiger partial charge on any atom is -0.323 e. The van der Waals surface area contributed by atoms with Crippen LogP contribution in [0.4, 0.5) is 10.1 Å². The lowest BCUT2D eigenvalue weighted by Crippen LogP contribution is -2.20. The molecule has 0 saturated heterocycles. The predicted molar refractivity (Wildman–Crippen MR) is 93.8 cm³/mol. The lowest BCUT2D eigenvalue weighted by molar-refractivity contribution is -0.119. The summed E-state index contributed by atoms with van der Waals surface area (Å²) < 4.78 is 16.0. The summed E-state index contributed by atoms with van der Waals surface area (Å²) in [6.07, 6.45) is 2.33. The molecule has 0 aliphatic carbocycles. The third-order valence-corrected chi connectivity index (χ3v) is 4.22. The van der Waals surface area contributed by atoms with Gasteiger partial charge in [0.2, 0.25) is 5.91 Å². The quantitative estimate of drug-likeness (QED) is 0.770. The molecule has 0 fully saturated rings. The fourth-order valence-corrected chi connectivity index (χ4v) is 2.55. The first-order valence-corrected chi connectivity index (χ1v) is 8.04. The van der Waals surface area contributed by atoms with E-state index in [0.717, 1.165) is 16.8 Å². The first-order valence-electron chi connectivity index (χ1n) is 8.04. The molecule has 1 aromatic heterocycles. The summed E-state index contributed by atoms with van der Waals surface area (Å²) in [7, 11) is 0. The Morgan fingerprint density at radius 1 is 1.33 bits per heavy atom. The summed E-state index contributed by atoms with van der Waals surface area (Å²) >= 11 is 0. The van der Waals surface area contributed by atoms with Gasteiger partial charge < -0.3 is 5.32 Å². The first-order chi connectivity index (χ1) is 11.5. The molecule has 0 unspecified atom stereocenters. The summed E-state index contributed by atoms with van der Waals surface area (Å²) in [5.74, 6) is -0.804. The third kappa shape index (κ3) is 3.02.